The van der Waals surface area contributed by atoms with Crippen molar-refractivity contribution in [2.45, 2.75) is 24.5 Å². The molecule has 31 heavy (non-hydrogen) atoms. The van der Waals surface area contributed by atoms with Crippen molar-refractivity contribution in [3.8, 4) is 10.4 Å². The first-order chi connectivity index (χ1) is 14.4. The fourth-order valence-corrected chi connectivity index (χ4v) is 4.81. The van der Waals surface area contributed by atoms with Gasteiger partial charge in [-0.05, 0) is 42.8 Å². The lowest BCUT2D eigenvalue weighted by atomic mass is 10.2. The van der Waals surface area contributed by atoms with Crippen LogP contribution in [0.25, 0.3) is 16.1 Å². The normalized spacial score (nSPS) is 13.6. The van der Waals surface area contributed by atoms with Gasteiger partial charge >= 0.3 is 6.18 Å². The molecule has 2 aromatic heterocycles. The van der Waals surface area contributed by atoms with Gasteiger partial charge in [-0.1, -0.05) is 12.1 Å². The molecule has 5 nitrogen and oxygen atoms in total. The smallest absolute Gasteiger partial charge is 0.398 e. The number of allylic oxidation sites excluding steroid dienone is 1. The average Bonchev–Trinajstić information content (AvgIpc) is 3.33. The van der Waals surface area contributed by atoms with E-state index in [4.69, 9.17) is 5.73 Å². The average molecular weight is 486 g/mol. The van der Waals surface area contributed by atoms with Crippen molar-refractivity contribution in [1.82, 2.24) is 4.98 Å². The number of thiazole rings is 1. The number of aromatic nitrogens is 1. The largest absolute Gasteiger partial charge is 0.432 e. The monoisotopic (exact) mass is 485 g/mol. The van der Waals surface area contributed by atoms with Crippen LogP contribution in [0.1, 0.15) is 15.6 Å². The van der Waals surface area contributed by atoms with Crippen LogP contribution in [0.2, 0.25) is 0 Å². The standard InChI is InChI=1S/C20H18F3N3O2S3/c1-12-26-14(11-29-12)10-25-19(20(21,22)23)9-16(24)18-7-6-17(30-18)13-4-3-5-15(8-13)31(2,27)28/h3-9,11H,10,24H2,1-2H3/b16-9-,25-19?. The number of thiophene rings is 1. The second-order valence-electron chi connectivity index (χ2n) is 6.62. The van der Waals surface area contributed by atoms with Crippen molar-refractivity contribution in [2.75, 3.05) is 6.26 Å². The van der Waals surface area contributed by atoms with E-state index in [-0.39, 0.29) is 17.1 Å². The van der Waals surface area contributed by atoms with Crippen LogP contribution in [-0.2, 0) is 16.4 Å². The van der Waals surface area contributed by atoms with Crippen LogP contribution in [0, 0.1) is 6.92 Å². The van der Waals surface area contributed by atoms with Gasteiger partial charge in [-0.25, -0.2) is 13.4 Å². The first-order valence-electron chi connectivity index (χ1n) is 8.84. The van der Waals surface area contributed by atoms with Crippen molar-refractivity contribution in [1.29, 1.82) is 0 Å². The number of rotatable bonds is 6. The van der Waals surface area contributed by atoms with Crippen molar-refractivity contribution >= 4 is 43.9 Å². The molecule has 164 valence electrons. The summed E-state index contributed by atoms with van der Waals surface area (Å²) in [6.45, 7) is 1.57. The van der Waals surface area contributed by atoms with Crippen LogP contribution < -0.4 is 5.73 Å². The van der Waals surface area contributed by atoms with Gasteiger partial charge in [-0.15, -0.1) is 22.7 Å². The number of hydrogen-bond acceptors (Lipinski definition) is 7. The number of aryl methyl sites for hydroxylation is 1. The van der Waals surface area contributed by atoms with Gasteiger partial charge in [0.2, 0.25) is 0 Å². The molecule has 0 atom stereocenters. The minimum Gasteiger partial charge on any atom is -0.398 e. The summed E-state index contributed by atoms with van der Waals surface area (Å²) < 4.78 is 63.8. The maximum atomic E-state index is 13.4. The molecule has 0 amide bonds. The van der Waals surface area contributed by atoms with Gasteiger partial charge in [0, 0.05) is 16.5 Å². The summed E-state index contributed by atoms with van der Waals surface area (Å²) in [5.41, 5.74) is 5.86. The van der Waals surface area contributed by atoms with Crippen LogP contribution in [0.15, 0.2) is 57.7 Å². The fraction of sp³-hybridized carbons (Fsp3) is 0.200. The van der Waals surface area contributed by atoms with Crippen LogP contribution in [0.3, 0.4) is 0 Å². The first-order valence-corrected chi connectivity index (χ1v) is 12.4. The van der Waals surface area contributed by atoms with E-state index in [2.05, 4.69) is 9.98 Å². The minimum atomic E-state index is -4.67. The quantitative estimate of drug-likeness (QED) is 0.493. The highest BCUT2D eigenvalue weighted by Gasteiger charge is 2.34. The summed E-state index contributed by atoms with van der Waals surface area (Å²) >= 11 is 2.50. The second kappa shape index (κ2) is 8.93. The highest BCUT2D eigenvalue weighted by atomic mass is 32.2. The number of sulfone groups is 1. The Kier molecular flexibility index (Phi) is 6.68. The zero-order chi connectivity index (χ0) is 22.8. The number of halogens is 3. The van der Waals surface area contributed by atoms with E-state index in [1.807, 2.05) is 0 Å². The van der Waals surface area contributed by atoms with E-state index >= 15 is 0 Å². The van der Waals surface area contributed by atoms with E-state index in [9.17, 15) is 21.6 Å². The molecule has 2 heterocycles. The molecule has 11 heteroatoms. The lowest BCUT2D eigenvalue weighted by molar-refractivity contribution is -0.0579. The van der Waals surface area contributed by atoms with Gasteiger partial charge in [0.15, 0.2) is 9.84 Å². The molecule has 0 fully saturated rings. The predicted molar refractivity (Wildman–Crippen MR) is 119 cm³/mol. The minimum absolute atomic E-state index is 0.0824. The Hall–Kier alpha value is -2.50. The number of benzene rings is 1. The number of hydrogen-bond donors (Lipinski definition) is 1. The molecule has 0 spiro atoms. The summed E-state index contributed by atoms with van der Waals surface area (Å²) in [4.78, 5) is 9.04. The molecular weight excluding hydrogens is 467 g/mol. The van der Waals surface area contributed by atoms with Crippen LogP contribution in [0.4, 0.5) is 13.2 Å². The highest BCUT2D eigenvalue weighted by molar-refractivity contribution is 7.90. The molecule has 3 rings (SSSR count). The molecule has 0 unspecified atom stereocenters. The first kappa shape index (κ1) is 23.2. The van der Waals surface area contributed by atoms with Crippen LogP contribution in [0.5, 0.6) is 0 Å². The summed E-state index contributed by atoms with van der Waals surface area (Å²) in [6, 6.07) is 9.61. The zero-order valence-electron chi connectivity index (χ0n) is 16.5. The Balaban J connectivity index is 1.89. The van der Waals surface area contributed by atoms with Crippen molar-refractivity contribution < 1.29 is 21.6 Å². The number of alkyl halides is 3. The maximum Gasteiger partial charge on any atom is 0.432 e. The molecular formula is C20H18F3N3O2S3. The van der Waals surface area contributed by atoms with Gasteiger partial charge in [0.25, 0.3) is 0 Å². The summed E-state index contributed by atoms with van der Waals surface area (Å²) in [7, 11) is -3.38. The number of nitrogens with zero attached hydrogens (tertiary/aromatic N) is 2. The van der Waals surface area contributed by atoms with E-state index in [0.29, 0.717) is 21.0 Å². The lowest BCUT2D eigenvalue weighted by Crippen LogP contribution is -2.22. The third-order valence-corrected chi connectivity index (χ3v) is 7.21. The Morgan fingerprint density at radius 2 is 2.00 bits per heavy atom. The molecule has 0 saturated carbocycles. The fourth-order valence-electron chi connectivity index (χ4n) is 2.61. The molecule has 2 N–H and O–H groups in total. The number of nitrogens with two attached hydrogens (primary N) is 1. The molecule has 0 aliphatic carbocycles. The van der Waals surface area contributed by atoms with Crippen molar-refractivity contribution in [2.24, 2.45) is 10.7 Å². The van der Waals surface area contributed by atoms with E-state index < -0.39 is 21.7 Å². The maximum absolute atomic E-state index is 13.4. The van der Waals surface area contributed by atoms with Gasteiger partial charge in [-0.2, -0.15) is 13.2 Å². The number of aliphatic imine (C=N–C) groups is 1. The van der Waals surface area contributed by atoms with E-state index in [1.54, 1.807) is 36.6 Å². The molecule has 0 radical (unpaired) electrons. The Morgan fingerprint density at radius 1 is 1.26 bits per heavy atom. The second-order valence-corrected chi connectivity index (χ2v) is 10.8. The Labute approximate surface area is 185 Å². The predicted octanol–water partition coefficient (Wildman–Crippen LogP) is 5.09. The lowest BCUT2D eigenvalue weighted by Gasteiger charge is -2.08. The van der Waals surface area contributed by atoms with Gasteiger partial charge in [-0.3, -0.25) is 4.99 Å². The Morgan fingerprint density at radius 3 is 2.61 bits per heavy atom. The molecule has 1 aromatic carbocycles. The summed E-state index contributed by atoms with van der Waals surface area (Å²) in [5, 5.41) is 2.41. The van der Waals surface area contributed by atoms with Gasteiger partial charge in [0.1, 0.15) is 5.71 Å². The Bertz CT molecular complexity index is 1260. The van der Waals surface area contributed by atoms with Crippen LogP contribution >= 0.6 is 22.7 Å². The van der Waals surface area contributed by atoms with Crippen molar-refractivity contribution in [3.05, 3.63) is 63.4 Å². The highest BCUT2D eigenvalue weighted by Crippen LogP contribution is 2.32. The topological polar surface area (TPSA) is 85.4 Å². The molecule has 0 bridgehead atoms. The summed E-state index contributed by atoms with van der Waals surface area (Å²) in [5.74, 6) is 0. The SMILES string of the molecule is Cc1nc(CN=C(/C=C(\N)c2ccc(-c3cccc(S(C)(=O)=O)c3)s2)C(F)(F)F)cs1. The molecule has 0 aliphatic heterocycles. The third-order valence-electron chi connectivity index (χ3n) is 4.10. The molecule has 3 aromatic rings. The summed E-state index contributed by atoms with van der Waals surface area (Å²) in [6.07, 6.45) is -2.75. The zero-order valence-corrected chi connectivity index (χ0v) is 18.9. The van der Waals surface area contributed by atoms with Crippen molar-refractivity contribution in [3.63, 3.8) is 0 Å². The van der Waals surface area contributed by atoms with Gasteiger partial charge in [0.05, 0.1) is 32.7 Å². The molecule has 0 aliphatic rings. The van der Waals surface area contributed by atoms with E-state index in [1.165, 1.54) is 23.5 Å². The van der Waals surface area contributed by atoms with Gasteiger partial charge < -0.3 is 5.73 Å². The molecule has 0 saturated heterocycles. The van der Waals surface area contributed by atoms with E-state index in [0.717, 1.165) is 28.7 Å². The third kappa shape index (κ3) is 6.02. The van der Waals surface area contributed by atoms with Crippen LogP contribution in [-0.4, -0.2) is 31.5 Å².